The minimum atomic E-state index is -0.261. The normalized spacial score (nSPS) is 13.8. The number of amides is 1. The minimum Gasteiger partial charge on any atom is -0.379 e. The number of ether oxygens (including phenoxy) is 1. The summed E-state index contributed by atoms with van der Waals surface area (Å²) in [5, 5.41) is 6.14. The van der Waals surface area contributed by atoms with Gasteiger partial charge in [-0.1, -0.05) is 12.1 Å². The smallest absolute Gasteiger partial charge is 0.274 e. The first-order chi connectivity index (χ1) is 17.6. The molecule has 1 aromatic carbocycles. The van der Waals surface area contributed by atoms with E-state index in [1.54, 1.807) is 36.9 Å². The Bertz CT molecular complexity index is 1320. The molecule has 182 valence electrons. The van der Waals surface area contributed by atoms with E-state index in [-0.39, 0.29) is 5.91 Å². The van der Waals surface area contributed by atoms with Crippen molar-refractivity contribution in [1.82, 2.24) is 24.8 Å². The van der Waals surface area contributed by atoms with E-state index >= 15 is 0 Å². The van der Waals surface area contributed by atoms with Crippen LogP contribution in [0.5, 0.6) is 0 Å². The van der Waals surface area contributed by atoms with Crippen molar-refractivity contribution >= 4 is 23.2 Å². The highest BCUT2D eigenvalue weighted by Crippen LogP contribution is 2.21. The molecule has 3 aromatic heterocycles. The van der Waals surface area contributed by atoms with Gasteiger partial charge in [0.2, 0.25) is 5.95 Å². The Morgan fingerprint density at radius 1 is 1.03 bits per heavy atom. The van der Waals surface area contributed by atoms with Gasteiger partial charge >= 0.3 is 0 Å². The summed E-state index contributed by atoms with van der Waals surface area (Å²) >= 11 is 0. The molecule has 0 bridgehead atoms. The summed E-state index contributed by atoms with van der Waals surface area (Å²) in [6.45, 7) is 6.16. The zero-order valence-electron chi connectivity index (χ0n) is 20.0. The number of nitrogens with one attached hydrogen (secondary N) is 2. The molecule has 5 rings (SSSR count). The van der Waals surface area contributed by atoms with Crippen LogP contribution < -0.4 is 10.6 Å². The number of hydrogen-bond donors (Lipinski definition) is 2. The van der Waals surface area contributed by atoms with Gasteiger partial charge < -0.3 is 15.4 Å². The van der Waals surface area contributed by atoms with Crippen LogP contribution in [0.1, 0.15) is 21.6 Å². The summed E-state index contributed by atoms with van der Waals surface area (Å²) in [6.07, 6.45) is 6.75. The topological polar surface area (TPSA) is 105 Å². The van der Waals surface area contributed by atoms with Gasteiger partial charge in [-0.3, -0.25) is 14.7 Å². The van der Waals surface area contributed by atoms with Crippen LogP contribution in [-0.4, -0.2) is 57.0 Å². The Kier molecular flexibility index (Phi) is 7.20. The molecule has 0 aliphatic carbocycles. The maximum atomic E-state index is 12.9. The third kappa shape index (κ3) is 5.88. The van der Waals surface area contributed by atoms with Crippen LogP contribution in [0.15, 0.2) is 73.3 Å². The van der Waals surface area contributed by atoms with Gasteiger partial charge in [0.05, 0.1) is 30.8 Å². The van der Waals surface area contributed by atoms with Gasteiger partial charge in [0.15, 0.2) is 0 Å². The summed E-state index contributed by atoms with van der Waals surface area (Å²) in [5.74, 6) is 0.172. The van der Waals surface area contributed by atoms with E-state index in [9.17, 15) is 4.79 Å². The lowest BCUT2D eigenvalue weighted by Gasteiger charge is -2.26. The summed E-state index contributed by atoms with van der Waals surface area (Å²) in [6, 6.07) is 15.3. The first kappa shape index (κ1) is 23.5. The molecule has 0 radical (unpaired) electrons. The Hall–Kier alpha value is -4.21. The van der Waals surface area contributed by atoms with Gasteiger partial charge in [-0.2, -0.15) is 0 Å². The molecule has 0 atom stereocenters. The summed E-state index contributed by atoms with van der Waals surface area (Å²) in [7, 11) is 0. The molecule has 1 fully saturated rings. The number of aryl methyl sites for hydroxylation is 1. The second kappa shape index (κ2) is 11.0. The molecule has 1 saturated heterocycles. The third-order valence-electron chi connectivity index (χ3n) is 5.93. The molecule has 0 unspecified atom stereocenters. The van der Waals surface area contributed by atoms with Crippen LogP contribution in [0.25, 0.3) is 11.3 Å². The molecule has 4 aromatic rings. The average Bonchev–Trinajstić information content (AvgIpc) is 2.92. The summed E-state index contributed by atoms with van der Waals surface area (Å²) in [4.78, 5) is 32.5. The Morgan fingerprint density at radius 2 is 1.92 bits per heavy atom. The van der Waals surface area contributed by atoms with Crippen molar-refractivity contribution in [2.75, 3.05) is 36.9 Å². The van der Waals surface area contributed by atoms with Gasteiger partial charge in [0, 0.05) is 49.5 Å². The largest absolute Gasteiger partial charge is 0.379 e. The van der Waals surface area contributed by atoms with Crippen molar-refractivity contribution in [3.63, 3.8) is 0 Å². The van der Waals surface area contributed by atoms with Gasteiger partial charge in [-0.25, -0.2) is 15.0 Å². The molecule has 9 nitrogen and oxygen atoms in total. The van der Waals surface area contributed by atoms with Gasteiger partial charge in [0.1, 0.15) is 5.69 Å². The Balaban J connectivity index is 1.23. The fourth-order valence-corrected chi connectivity index (χ4v) is 3.93. The highest BCUT2D eigenvalue weighted by molar-refractivity contribution is 6.03. The maximum Gasteiger partial charge on any atom is 0.274 e. The fourth-order valence-electron chi connectivity index (χ4n) is 3.93. The minimum absolute atomic E-state index is 0.261. The van der Waals surface area contributed by atoms with Crippen molar-refractivity contribution in [2.24, 2.45) is 0 Å². The molecule has 9 heteroatoms. The molecule has 1 amide bonds. The van der Waals surface area contributed by atoms with E-state index in [2.05, 4.69) is 41.5 Å². The lowest BCUT2D eigenvalue weighted by atomic mass is 10.1. The SMILES string of the molecule is Cc1ccc(CN2CCOCC2)cc1NC(=O)c1ccc(Nc2nccc(-c3cccnc3)n2)cn1. The van der Waals surface area contributed by atoms with Gasteiger partial charge in [-0.15, -0.1) is 0 Å². The number of carbonyl (C=O) groups is 1. The van der Waals surface area contributed by atoms with Crippen molar-refractivity contribution in [2.45, 2.75) is 13.5 Å². The van der Waals surface area contributed by atoms with Crippen molar-refractivity contribution in [3.05, 3.63) is 90.1 Å². The predicted molar refractivity (Wildman–Crippen MR) is 138 cm³/mol. The van der Waals surface area contributed by atoms with E-state index in [4.69, 9.17) is 4.74 Å². The van der Waals surface area contributed by atoms with E-state index < -0.39 is 0 Å². The highest BCUT2D eigenvalue weighted by Gasteiger charge is 2.14. The number of carbonyl (C=O) groups excluding carboxylic acids is 1. The van der Waals surface area contributed by atoms with Crippen molar-refractivity contribution in [1.29, 1.82) is 0 Å². The lowest BCUT2D eigenvalue weighted by Crippen LogP contribution is -2.35. The van der Waals surface area contributed by atoms with Crippen molar-refractivity contribution < 1.29 is 9.53 Å². The molecular weight excluding hydrogens is 454 g/mol. The number of benzene rings is 1. The number of pyridine rings is 2. The average molecular weight is 482 g/mol. The number of nitrogens with zero attached hydrogens (tertiary/aromatic N) is 5. The van der Waals surface area contributed by atoms with E-state index in [1.165, 1.54) is 0 Å². The summed E-state index contributed by atoms with van der Waals surface area (Å²) in [5.41, 5.74) is 5.60. The summed E-state index contributed by atoms with van der Waals surface area (Å²) < 4.78 is 5.43. The van der Waals surface area contributed by atoms with Crippen LogP contribution >= 0.6 is 0 Å². The zero-order valence-corrected chi connectivity index (χ0v) is 20.0. The molecule has 4 heterocycles. The molecule has 36 heavy (non-hydrogen) atoms. The van der Waals surface area contributed by atoms with Gasteiger partial charge in [0.25, 0.3) is 5.91 Å². The quantitative estimate of drug-likeness (QED) is 0.407. The van der Waals surface area contributed by atoms with Crippen LogP contribution in [0.3, 0.4) is 0 Å². The first-order valence-corrected chi connectivity index (χ1v) is 11.8. The standard InChI is InChI=1S/C27H27N7O2/c1-19-4-5-20(18-34-11-13-36-14-12-34)15-25(19)32-26(35)24-7-6-22(17-30-24)31-27-29-10-8-23(33-27)21-3-2-9-28-16-21/h2-10,15-17H,11-14,18H2,1H3,(H,32,35)(H,29,31,33). The second-order valence-electron chi connectivity index (χ2n) is 8.56. The number of aromatic nitrogens is 4. The number of anilines is 3. The van der Waals surface area contributed by atoms with Gasteiger partial charge in [-0.05, 0) is 54.4 Å². The Morgan fingerprint density at radius 3 is 2.69 bits per heavy atom. The molecule has 2 N–H and O–H groups in total. The number of morpholine rings is 1. The van der Waals surface area contributed by atoms with Crippen LogP contribution in [0, 0.1) is 6.92 Å². The monoisotopic (exact) mass is 481 g/mol. The van der Waals surface area contributed by atoms with Crippen LogP contribution in [0.4, 0.5) is 17.3 Å². The zero-order chi connectivity index (χ0) is 24.7. The van der Waals surface area contributed by atoms with E-state index in [0.29, 0.717) is 17.3 Å². The maximum absolute atomic E-state index is 12.9. The lowest BCUT2D eigenvalue weighted by molar-refractivity contribution is 0.0342. The molecular formula is C27H27N7O2. The third-order valence-corrected chi connectivity index (χ3v) is 5.93. The first-order valence-electron chi connectivity index (χ1n) is 11.8. The number of hydrogen-bond acceptors (Lipinski definition) is 8. The van der Waals surface area contributed by atoms with E-state index in [1.807, 2.05) is 37.3 Å². The molecule has 0 saturated carbocycles. The second-order valence-corrected chi connectivity index (χ2v) is 8.56. The van der Waals surface area contributed by atoms with Crippen LogP contribution in [0.2, 0.25) is 0 Å². The highest BCUT2D eigenvalue weighted by atomic mass is 16.5. The van der Waals surface area contributed by atoms with Crippen LogP contribution in [-0.2, 0) is 11.3 Å². The predicted octanol–water partition coefficient (Wildman–Crippen LogP) is 4.07. The van der Waals surface area contributed by atoms with E-state index in [0.717, 1.165) is 60.9 Å². The molecule has 1 aliphatic heterocycles. The van der Waals surface area contributed by atoms with Crippen molar-refractivity contribution in [3.8, 4) is 11.3 Å². The Labute approximate surface area is 209 Å². The fraction of sp³-hybridized carbons (Fsp3) is 0.222. The number of rotatable bonds is 7. The molecule has 0 spiro atoms. The molecule has 1 aliphatic rings.